The minimum absolute atomic E-state index is 1.01. The van der Waals surface area contributed by atoms with Gasteiger partial charge in [-0.25, -0.2) is 0 Å². The van der Waals surface area contributed by atoms with Crippen molar-refractivity contribution < 1.29 is 0 Å². The van der Waals surface area contributed by atoms with Gasteiger partial charge in [-0.3, -0.25) is 4.68 Å². The lowest BCUT2D eigenvalue weighted by Gasteiger charge is -2.06. The Kier molecular flexibility index (Phi) is 3.15. The van der Waals surface area contributed by atoms with Gasteiger partial charge in [-0.2, -0.15) is 5.10 Å². The molecule has 0 atom stereocenters. The van der Waals surface area contributed by atoms with Gasteiger partial charge < -0.3 is 0 Å². The lowest BCUT2D eigenvalue weighted by atomic mass is 9.99. The van der Waals surface area contributed by atoms with Crippen molar-refractivity contribution in [3.05, 3.63) is 65.9 Å². The summed E-state index contributed by atoms with van der Waals surface area (Å²) in [4.78, 5) is 0. The molecule has 3 rings (SSSR count). The third-order valence-corrected chi connectivity index (χ3v) is 3.73. The quantitative estimate of drug-likeness (QED) is 0.670. The highest BCUT2D eigenvalue weighted by Crippen LogP contribution is 2.25. The van der Waals surface area contributed by atoms with E-state index in [1.165, 1.54) is 22.3 Å². The third kappa shape index (κ3) is 2.37. The summed E-state index contributed by atoms with van der Waals surface area (Å²) in [7, 11) is 1.94. The standard InChI is InChI=1S/C18H18N2/c1-13-4-5-17(12-14(13)2)15-6-8-16(9-7-15)18-10-11-20(3)19-18/h4-12H,1-3H3. The molecule has 2 heteroatoms. The first-order valence-electron chi connectivity index (χ1n) is 6.81. The fourth-order valence-electron chi connectivity index (χ4n) is 2.32. The second-order valence-corrected chi connectivity index (χ2v) is 5.25. The SMILES string of the molecule is Cc1ccc(-c2ccc(-c3ccn(C)n3)cc2)cc1C. The molecule has 0 unspecified atom stereocenters. The highest BCUT2D eigenvalue weighted by Gasteiger charge is 2.03. The molecule has 2 aromatic carbocycles. The molecule has 0 aliphatic carbocycles. The number of rotatable bonds is 2. The summed E-state index contributed by atoms with van der Waals surface area (Å²) in [6.45, 7) is 4.30. The smallest absolute Gasteiger partial charge is 0.0923 e. The Hall–Kier alpha value is -2.35. The van der Waals surface area contributed by atoms with E-state index < -0.39 is 0 Å². The van der Waals surface area contributed by atoms with Crippen LogP contribution in [-0.4, -0.2) is 9.78 Å². The van der Waals surface area contributed by atoms with Crippen LogP contribution >= 0.6 is 0 Å². The Morgan fingerprint density at radius 3 is 2.00 bits per heavy atom. The van der Waals surface area contributed by atoms with Crippen LogP contribution in [0.4, 0.5) is 0 Å². The van der Waals surface area contributed by atoms with Crippen LogP contribution in [-0.2, 0) is 7.05 Å². The van der Waals surface area contributed by atoms with Crippen LogP contribution in [0, 0.1) is 13.8 Å². The summed E-state index contributed by atoms with van der Waals surface area (Å²) in [5.74, 6) is 0. The van der Waals surface area contributed by atoms with Gasteiger partial charge in [-0.1, -0.05) is 42.5 Å². The van der Waals surface area contributed by atoms with E-state index in [1.807, 2.05) is 24.0 Å². The maximum absolute atomic E-state index is 4.43. The van der Waals surface area contributed by atoms with E-state index in [1.54, 1.807) is 0 Å². The first-order chi connectivity index (χ1) is 9.63. The van der Waals surface area contributed by atoms with Crippen molar-refractivity contribution in [3.63, 3.8) is 0 Å². The van der Waals surface area contributed by atoms with E-state index in [0.29, 0.717) is 0 Å². The topological polar surface area (TPSA) is 17.8 Å². The fourth-order valence-corrected chi connectivity index (χ4v) is 2.32. The van der Waals surface area contributed by atoms with Crippen LogP contribution < -0.4 is 0 Å². The van der Waals surface area contributed by atoms with Crippen LogP contribution in [0.2, 0.25) is 0 Å². The highest BCUT2D eigenvalue weighted by molar-refractivity contribution is 5.69. The van der Waals surface area contributed by atoms with Gasteiger partial charge in [0.05, 0.1) is 5.69 Å². The van der Waals surface area contributed by atoms with Gasteiger partial charge >= 0.3 is 0 Å². The normalized spacial score (nSPS) is 10.8. The lowest BCUT2D eigenvalue weighted by molar-refractivity contribution is 0.771. The molecule has 100 valence electrons. The molecule has 0 fully saturated rings. The van der Waals surface area contributed by atoms with Crippen LogP contribution in [0.1, 0.15) is 11.1 Å². The maximum Gasteiger partial charge on any atom is 0.0923 e. The summed E-state index contributed by atoms with van der Waals surface area (Å²) >= 11 is 0. The van der Waals surface area contributed by atoms with Gasteiger partial charge in [-0.05, 0) is 42.2 Å². The zero-order valence-electron chi connectivity index (χ0n) is 12.1. The monoisotopic (exact) mass is 262 g/mol. The first-order valence-corrected chi connectivity index (χ1v) is 6.81. The molecule has 0 saturated heterocycles. The van der Waals surface area contributed by atoms with Crippen molar-refractivity contribution >= 4 is 0 Å². The van der Waals surface area contributed by atoms with Gasteiger partial charge in [0, 0.05) is 18.8 Å². The molecule has 3 aromatic rings. The van der Waals surface area contributed by atoms with E-state index in [2.05, 4.69) is 61.4 Å². The number of hydrogen-bond acceptors (Lipinski definition) is 1. The summed E-state index contributed by atoms with van der Waals surface area (Å²) in [5, 5.41) is 4.43. The second-order valence-electron chi connectivity index (χ2n) is 5.25. The Morgan fingerprint density at radius 2 is 1.40 bits per heavy atom. The maximum atomic E-state index is 4.43. The van der Waals surface area contributed by atoms with E-state index in [0.717, 1.165) is 11.3 Å². The van der Waals surface area contributed by atoms with Crippen molar-refractivity contribution in [2.75, 3.05) is 0 Å². The third-order valence-electron chi connectivity index (χ3n) is 3.73. The van der Waals surface area contributed by atoms with Gasteiger partial charge in [0.2, 0.25) is 0 Å². The van der Waals surface area contributed by atoms with Crippen molar-refractivity contribution in [2.45, 2.75) is 13.8 Å². The zero-order chi connectivity index (χ0) is 14.1. The molecule has 0 aliphatic heterocycles. The molecule has 0 N–H and O–H groups in total. The molecule has 0 amide bonds. The van der Waals surface area contributed by atoms with Crippen molar-refractivity contribution in [1.82, 2.24) is 9.78 Å². The van der Waals surface area contributed by atoms with Crippen molar-refractivity contribution in [1.29, 1.82) is 0 Å². The van der Waals surface area contributed by atoms with E-state index in [4.69, 9.17) is 0 Å². The Labute approximate surface area is 119 Å². The van der Waals surface area contributed by atoms with Gasteiger partial charge in [0.25, 0.3) is 0 Å². The molecular formula is C18H18N2. The molecule has 1 heterocycles. The van der Waals surface area contributed by atoms with Gasteiger partial charge in [0.1, 0.15) is 0 Å². The first kappa shape index (κ1) is 12.7. The molecule has 0 aliphatic rings. The molecule has 0 spiro atoms. The number of aryl methyl sites for hydroxylation is 3. The molecule has 0 saturated carbocycles. The van der Waals surface area contributed by atoms with E-state index in [9.17, 15) is 0 Å². The average molecular weight is 262 g/mol. The predicted octanol–water partition coefficient (Wildman–Crippen LogP) is 4.37. The largest absolute Gasteiger partial charge is 0.275 e. The van der Waals surface area contributed by atoms with Crippen molar-refractivity contribution in [3.8, 4) is 22.4 Å². The van der Waals surface area contributed by atoms with Crippen LogP contribution in [0.25, 0.3) is 22.4 Å². The molecule has 0 radical (unpaired) electrons. The molecule has 20 heavy (non-hydrogen) atoms. The summed E-state index contributed by atoms with van der Waals surface area (Å²) in [6.07, 6.45) is 1.96. The minimum atomic E-state index is 1.01. The minimum Gasteiger partial charge on any atom is -0.275 e. The fraction of sp³-hybridized carbons (Fsp3) is 0.167. The second kappa shape index (κ2) is 4.97. The molecule has 0 bridgehead atoms. The Bertz CT molecular complexity index is 736. The number of nitrogens with zero attached hydrogens (tertiary/aromatic N) is 2. The Balaban J connectivity index is 1.94. The molecule has 1 aromatic heterocycles. The van der Waals surface area contributed by atoms with Gasteiger partial charge in [0.15, 0.2) is 0 Å². The highest BCUT2D eigenvalue weighted by atomic mass is 15.2. The van der Waals surface area contributed by atoms with Crippen LogP contribution in [0.5, 0.6) is 0 Å². The van der Waals surface area contributed by atoms with Crippen LogP contribution in [0.3, 0.4) is 0 Å². The number of hydrogen-bond donors (Lipinski definition) is 0. The predicted molar refractivity (Wildman–Crippen MR) is 83.6 cm³/mol. The lowest BCUT2D eigenvalue weighted by Crippen LogP contribution is -1.88. The summed E-state index contributed by atoms with van der Waals surface area (Å²) in [5.41, 5.74) is 7.33. The molecule has 2 nitrogen and oxygen atoms in total. The van der Waals surface area contributed by atoms with Gasteiger partial charge in [-0.15, -0.1) is 0 Å². The Morgan fingerprint density at radius 1 is 0.750 bits per heavy atom. The summed E-state index contributed by atoms with van der Waals surface area (Å²) in [6, 6.07) is 17.2. The van der Waals surface area contributed by atoms with Crippen LogP contribution in [0.15, 0.2) is 54.7 Å². The zero-order valence-corrected chi connectivity index (χ0v) is 12.1. The number of benzene rings is 2. The van der Waals surface area contributed by atoms with Crippen molar-refractivity contribution in [2.24, 2.45) is 7.05 Å². The van der Waals surface area contributed by atoms with E-state index in [-0.39, 0.29) is 0 Å². The summed E-state index contributed by atoms with van der Waals surface area (Å²) < 4.78 is 1.83. The number of aromatic nitrogens is 2. The molecular weight excluding hydrogens is 244 g/mol. The average Bonchev–Trinajstić information content (AvgIpc) is 2.89. The van der Waals surface area contributed by atoms with E-state index >= 15 is 0 Å².